The van der Waals surface area contributed by atoms with Gasteiger partial charge in [-0.2, -0.15) is 0 Å². The average Bonchev–Trinajstić information content (AvgIpc) is 3.07. The predicted molar refractivity (Wildman–Crippen MR) is 88.9 cm³/mol. The summed E-state index contributed by atoms with van der Waals surface area (Å²) in [5.41, 5.74) is 0.494. The summed E-state index contributed by atoms with van der Waals surface area (Å²) in [6.07, 6.45) is 3.83. The van der Waals surface area contributed by atoms with Gasteiger partial charge in [0.25, 0.3) is 0 Å². The van der Waals surface area contributed by atoms with Crippen LogP contribution >= 0.6 is 0 Å². The summed E-state index contributed by atoms with van der Waals surface area (Å²) in [6.45, 7) is 5.70. The van der Waals surface area contributed by atoms with Crippen LogP contribution in [0.4, 0.5) is 4.39 Å². The van der Waals surface area contributed by atoms with Gasteiger partial charge in [-0.1, -0.05) is 25.0 Å². The number of carbonyl (C=O) groups excluding carboxylic acids is 1. The average molecular weight is 319 g/mol. The molecule has 1 aliphatic carbocycles. The van der Waals surface area contributed by atoms with Crippen molar-refractivity contribution in [3.63, 3.8) is 0 Å². The van der Waals surface area contributed by atoms with Gasteiger partial charge in [-0.3, -0.25) is 9.69 Å². The zero-order valence-corrected chi connectivity index (χ0v) is 13.6. The standard InChI is InChI=1S/C18H26FN3O/c19-16-5-3-15(4-6-16)18(7-1-2-8-18)17(23)21-11-14-22-12-9-20-10-13-22/h3-6,20H,1-2,7-14H2,(H,21,23). The van der Waals surface area contributed by atoms with Gasteiger partial charge in [-0.05, 0) is 30.5 Å². The van der Waals surface area contributed by atoms with Gasteiger partial charge < -0.3 is 10.6 Å². The lowest BCUT2D eigenvalue weighted by Crippen LogP contribution is -2.48. The zero-order valence-electron chi connectivity index (χ0n) is 13.6. The molecule has 1 saturated heterocycles. The molecule has 2 aliphatic rings. The van der Waals surface area contributed by atoms with Crippen LogP contribution in [-0.2, 0) is 10.2 Å². The molecule has 1 heterocycles. The molecule has 3 rings (SSSR count). The summed E-state index contributed by atoms with van der Waals surface area (Å²) in [7, 11) is 0. The lowest BCUT2D eigenvalue weighted by molar-refractivity contribution is -0.126. The highest BCUT2D eigenvalue weighted by atomic mass is 19.1. The molecule has 0 bridgehead atoms. The van der Waals surface area contributed by atoms with E-state index in [1.54, 1.807) is 12.1 Å². The van der Waals surface area contributed by atoms with Crippen molar-refractivity contribution in [1.82, 2.24) is 15.5 Å². The van der Waals surface area contributed by atoms with E-state index in [0.29, 0.717) is 6.54 Å². The minimum absolute atomic E-state index is 0.108. The quantitative estimate of drug-likeness (QED) is 0.867. The lowest BCUT2D eigenvalue weighted by atomic mass is 9.78. The smallest absolute Gasteiger partial charge is 0.230 e. The first-order valence-electron chi connectivity index (χ1n) is 8.68. The SMILES string of the molecule is O=C(NCCN1CCNCC1)C1(c2ccc(F)cc2)CCCC1. The van der Waals surface area contributed by atoms with E-state index in [-0.39, 0.29) is 11.7 Å². The Morgan fingerprint density at radius 2 is 1.83 bits per heavy atom. The number of nitrogens with one attached hydrogen (secondary N) is 2. The van der Waals surface area contributed by atoms with Gasteiger partial charge in [-0.15, -0.1) is 0 Å². The van der Waals surface area contributed by atoms with Crippen LogP contribution in [0.2, 0.25) is 0 Å². The molecular formula is C18H26FN3O. The van der Waals surface area contributed by atoms with Gasteiger partial charge in [0.1, 0.15) is 5.82 Å². The molecule has 1 aromatic carbocycles. The van der Waals surface area contributed by atoms with E-state index in [1.807, 2.05) is 0 Å². The van der Waals surface area contributed by atoms with Crippen LogP contribution in [0.1, 0.15) is 31.2 Å². The monoisotopic (exact) mass is 319 g/mol. The van der Waals surface area contributed by atoms with Gasteiger partial charge in [0.15, 0.2) is 0 Å². The van der Waals surface area contributed by atoms with E-state index in [1.165, 1.54) is 12.1 Å². The third-order valence-corrected chi connectivity index (χ3v) is 5.21. The first-order valence-corrected chi connectivity index (χ1v) is 8.68. The molecular weight excluding hydrogens is 293 g/mol. The number of amides is 1. The number of hydrogen-bond donors (Lipinski definition) is 2. The minimum atomic E-state index is -0.461. The Balaban J connectivity index is 1.61. The van der Waals surface area contributed by atoms with Crippen LogP contribution in [0.15, 0.2) is 24.3 Å². The van der Waals surface area contributed by atoms with E-state index in [9.17, 15) is 9.18 Å². The van der Waals surface area contributed by atoms with E-state index >= 15 is 0 Å². The number of piperazine rings is 1. The molecule has 4 nitrogen and oxygen atoms in total. The number of rotatable bonds is 5. The molecule has 1 saturated carbocycles. The Bertz CT molecular complexity index is 520. The van der Waals surface area contributed by atoms with Crippen molar-refractivity contribution in [3.8, 4) is 0 Å². The molecule has 1 aromatic rings. The maximum Gasteiger partial charge on any atom is 0.230 e. The third kappa shape index (κ3) is 3.72. The Labute approximate surface area is 137 Å². The Hall–Kier alpha value is -1.46. The summed E-state index contributed by atoms with van der Waals surface area (Å²) >= 11 is 0. The van der Waals surface area contributed by atoms with E-state index in [2.05, 4.69) is 15.5 Å². The second kappa shape index (κ2) is 7.41. The van der Waals surface area contributed by atoms with Crippen LogP contribution < -0.4 is 10.6 Å². The summed E-state index contributed by atoms with van der Waals surface area (Å²) in [5, 5.41) is 6.46. The molecule has 23 heavy (non-hydrogen) atoms. The highest BCUT2D eigenvalue weighted by Crippen LogP contribution is 2.41. The zero-order chi connectivity index (χ0) is 16.1. The Morgan fingerprint density at radius 1 is 1.17 bits per heavy atom. The van der Waals surface area contributed by atoms with Gasteiger partial charge in [0, 0.05) is 39.3 Å². The van der Waals surface area contributed by atoms with E-state index in [0.717, 1.165) is 64.0 Å². The normalized spacial score (nSPS) is 21.3. The van der Waals surface area contributed by atoms with Crippen molar-refractivity contribution in [2.75, 3.05) is 39.3 Å². The van der Waals surface area contributed by atoms with Gasteiger partial charge in [-0.25, -0.2) is 4.39 Å². The van der Waals surface area contributed by atoms with Crippen molar-refractivity contribution < 1.29 is 9.18 Å². The topological polar surface area (TPSA) is 44.4 Å². The largest absolute Gasteiger partial charge is 0.354 e. The van der Waals surface area contributed by atoms with Crippen LogP contribution in [0.25, 0.3) is 0 Å². The van der Waals surface area contributed by atoms with Crippen molar-refractivity contribution in [1.29, 1.82) is 0 Å². The second-order valence-electron chi connectivity index (χ2n) is 6.64. The van der Waals surface area contributed by atoms with Crippen molar-refractivity contribution in [2.24, 2.45) is 0 Å². The maximum absolute atomic E-state index is 13.2. The number of benzene rings is 1. The molecule has 2 N–H and O–H groups in total. The molecule has 5 heteroatoms. The third-order valence-electron chi connectivity index (χ3n) is 5.21. The number of hydrogen-bond acceptors (Lipinski definition) is 3. The molecule has 0 unspecified atom stereocenters. The van der Waals surface area contributed by atoms with E-state index in [4.69, 9.17) is 0 Å². The molecule has 0 spiro atoms. The fourth-order valence-electron chi connectivity index (χ4n) is 3.83. The van der Waals surface area contributed by atoms with Crippen LogP contribution in [-0.4, -0.2) is 50.1 Å². The van der Waals surface area contributed by atoms with Gasteiger partial charge in [0.2, 0.25) is 5.91 Å². The number of nitrogens with zero attached hydrogens (tertiary/aromatic N) is 1. The fourth-order valence-corrected chi connectivity index (χ4v) is 3.83. The van der Waals surface area contributed by atoms with Gasteiger partial charge in [0.05, 0.1) is 5.41 Å². The maximum atomic E-state index is 13.2. The highest BCUT2D eigenvalue weighted by molar-refractivity contribution is 5.88. The molecule has 0 aromatic heterocycles. The molecule has 1 amide bonds. The number of carbonyl (C=O) groups is 1. The van der Waals surface area contributed by atoms with Crippen LogP contribution in [0.5, 0.6) is 0 Å². The molecule has 2 fully saturated rings. The highest BCUT2D eigenvalue weighted by Gasteiger charge is 2.42. The summed E-state index contributed by atoms with van der Waals surface area (Å²) in [6, 6.07) is 6.47. The molecule has 126 valence electrons. The summed E-state index contributed by atoms with van der Waals surface area (Å²) < 4.78 is 13.2. The van der Waals surface area contributed by atoms with E-state index < -0.39 is 5.41 Å². The number of halogens is 1. The predicted octanol–water partition coefficient (Wildman–Crippen LogP) is 1.66. The Kier molecular flexibility index (Phi) is 5.28. The first-order chi connectivity index (χ1) is 11.2. The van der Waals surface area contributed by atoms with Crippen LogP contribution in [0.3, 0.4) is 0 Å². The van der Waals surface area contributed by atoms with Crippen molar-refractivity contribution in [3.05, 3.63) is 35.6 Å². The summed E-state index contributed by atoms with van der Waals surface area (Å²) in [4.78, 5) is 15.2. The second-order valence-corrected chi connectivity index (χ2v) is 6.64. The minimum Gasteiger partial charge on any atom is -0.354 e. The fraction of sp³-hybridized carbons (Fsp3) is 0.611. The van der Waals surface area contributed by atoms with Gasteiger partial charge >= 0.3 is 0 Å². The Morgan fingerprint density at radius 3 is 2.48 bits per heavy atom. The van der Waals surface area contributed by atoms with Crippen molar-refractivity contribution in [2.45, 2.75) is 31.1 Å². The van der Waals surface area contributed by atoms with Crippen molar-refractivity contribution >= 4 is 5.91 Å². The lowest BCUT2D eigenvalue weighted by Gasteiger charge is -2.30. The van der Waals surface area contributed by atoms with Crippen LogP contribution in [0, 0.1) is 5.82 Å². The molecule has 0 atom stereocenters. The molecule has 0 radical (unpaired) electrons. The first kappa shape index (κ1) is 16.4. The molecule has 1 aliphatic heterocycles. The summed E-state index contributed by atoms with van der Waals surface area (Å²) in [5.74, 6) is -0.141.